The standard InChI is InChI=1S/C13H15NO4/c1-8(6-10-7-12(10)13(15)16)9-2-4-11(5-3-9)14(17)18/h2-5,8,10,12H,6-7H2,1H3,(H,15,16). The largest absolute Gasteiger partial charge is 0.481 e. The van der Waals surface area contributed by atoms with E-state index in [1.54, 1.807) is 12.1 Å². The number of hydrogen-bond donors (Lipinski definition) is 1. The van der Waals surface area contributed by atoms with E-state index in [4.69, 9.17) is 5.11 Å². The summed E-state index contributed by atoms with van der Waals surface area (Å²) in [6.07, 6.45) is 1.58. The van der Waals surface area contributed by atoms with Gasteiger partial charge in [-0.05, 0) is 30.2 Å². The first kappa shape index (κ1) is 12.5. The van der Waals surface area contributed by atoms with Crippen LogP contribution in [0.1, 0.15) is 31.2 Å². The predicted molar refractivity (Wildman–Crippen MR) is 65.4 cm³/mol. The first-order chi connectivity index (χ1) is 8.49. The summed E-state index contributed by atoms with van der Waals surface area (Å²) >= 11 is 0. The molecule has 3 unspecified atom stereocenters. The maximum absolute atomic E-state index is 10.7. The van der Waals surface area contributed by atoms with Crippen LogP contribution >= 0.6 is 0 Å². The van der Waals surface area contributed by atoms with Crippen LogP contribution in [0.3, 0.4) is 0 Å². The molecule has 1 aromatic rings. The average molecular weight is 249 g/mol. The van der Waals surface area contributed by atoms with Crippen molar-refractivity contribution in [3.05, 3.63) is 39.9 Å². The molecule has 1 aliphatic carbocycles. The fourth-order valence-electron chi connectivity index (χ4n) is 2.33. The van der Waals surface area contributed by atoms with Gasteiger partial charge in [-0.2, -0.15) is 0 Å². The highest BCUT2D eigenvalue weighted by Gasteiger charge is 2.43. The quantitative estimate of drug-likeness (QED) is 0.642. The minimum atomic E-state index is -0.712. The molecule has 0 spiro atoms. The zero-order valence-corrected chi connectivity index (χ0v) is 10.1. The number of non-ortho nitro benzene ring substituents is 1. The van der Waals surface area contributed by atoms with Crippen molar-refractivity contribution < 1.29 is 14.8 Å². The zero-order chi connectivity index (χ0) is 13.3. The number of nitrogens with zero attached hydrogens (tertiary/aromatic N) is 1. The summed E-state index contributed by atoms with van der Waals surface area (Å²) < 4.78 is 0. The van der Waals surface area contributed by atoms with Gasteiger partial charge in [0.05, 0.1) is 10.8 Å². The van der Waals surface area contributed by atoms with Crippen molar-refractivity contribution in [2.45, 2.75) is 25.7 Å². The second-order valence-electron chi connectivity index (χ2n) is 4.93. The molecule has 5 heteroatoms. The number of nitro benzene ring substituents is 1. The van der Waals surface area contributed by atoms with Crippen LogP contribution in [0.25, 0.3) is 0 Å². The van der Waals surface area contributed by atoms with Crippen molar-refractivity contribution in [2.24, 2.45) is 11.8 Å². The lowest BCUT2D eigenvalue weighted by Crippen LogP contribution is -2.02. The van der Waals surface area contributed by atoms with E-state index < -0.39 is 10.9 Å². The number of carbonyl (C=O) groups is 1. The number of nitro groups is 1. The molecule has 0 bridgehead atoms. The highest BCUT2D eigenvalue weighted by molar-refractivity contribution is 5.73. The number of benzene rings is 1. The molecule has 0 saturated heterocycles. The summed E-state index contributed by atoms with van der Waals surface area (Å²) in [5.41, 5.74) is 1.11. The van der Waals surface area contributed by atoms with Gasteiger partial charge in [0.2, 0.25) is 0 Å². The van der Waals surface area contributed by atoms with Gasteiger partial charge in [-0.15, -0.1) is 0 Å². The van der Waals surface area contributed by atoms with Crippen LogP contribution in [0.4, 0.5) is 5.69 Å². The number of aliphatic carboxylic acids is 1. The molecule has 5 nitrogen and oxygen atoms in total. The highest BCUT2D eigenvalue weighted by atomic mass is 16.6. The third kappa shape index (κ3) is 2.67. The molecular weight excluding hydrogens is 234 g/mol. The molecule has 1 aliphatic rings. The fraction of sp³-hybridized carbons (Fsp3) is 0.462. The Balaban J connectivity index is 1.95. The van der Waals surface area contributed by atoms with E-state index in [0.29, 0.717) is 0 Å². The van der Waals surface area contributed by atoms with Gasteiger partial charge >= 0.3 is 5.97 Å². The first-order valence-electron chi connectivity index (χ1n) is 5.96. The van der Waals surface area contributed by atoms with Crippen molar-refractivity contribution in [3.63, 3.8) is 0 Å². The Morgan fingerprint density at radius 3 is 2.56 bits per heavy atom. The summed E-state index contributed by atoms with van der Waals surface area (Å²) in [5, 5.41) is 19.4. The normalized spacial score (nSPS) is 23.4. The molecule has 1 fully saturated rings. The van der Waals surface area contributed by atoms with Crippen LogP contribution in [-0.4, -0.2) is 16.0 Å². The molecule has 2 rings (SSSR count). The lowest BCUT2D eigenvalue weighted by Gasteiger charge is -2.10. The molecule has 96 valence electrons. The minimum Gasteiger partial charge on any atom is -0.481 e. The maximum atomic E-state index is 10.7. The van der Waals surface area contributed by atoms with Crippen LogP contribution in [0.2, 0.25) is 0 Å². The van der Waals surface area contributed by atoms with Crippen LogP contribution in [0.15, 0.2) is 24.3 Å². The van der Waals surface area contributed by atoms with Gasteiger partial charge in [0.15, 0.2) is 0 Å². The number of carboxylic acid groups (broad SMARTS) is 1. The molecule has 0 aromatic heterocycles. The summed E-state index contributed by atoms with van der Waals surface area (Å²) in [6.45, 7) is 2.03. The topological polar surface area (TPSA) is 80.4 Å². The molecule has 18 heavy (non-hydrogen) atoms. The van der Waals surface area contributed by atoms with E-state index in [9.17, 15) is 14.9 Å². The number of hydrogen-bond acceptors (Lipinski definition) is 3. The lowest BCUT2D eigenvalue weighted by atomic mass is 9.94. The summed E-state index contributed by atoms with van der Waals surface area (Å²) in [4.78, 5) is 20.8. The summed E-state index contributed by atoms with van der Waals surface area (Å²) in [7, 11) is 0. The van der Waals surface area contributed by atoms with Gasteiger partial charge in [0, 0.05) is 12.1 Å². The van der Waals surface area contributed by atoms with Crippen molar-refractivity contribution in [1.82, 2.24) is 0 Å². The van der Waals surface area contributed by atoms with Crippen LogP contribution in [0, 0.1) is 22.0 Å². The molecule has 1 saturated carbocycles. The van der Waals surface area contributed by atoms with Gasteiger partial charge < -0.3 is 5.11 Å². The first-order valence-corrected chi connectivity index (χ1v) is 5.96. The molecule has 3 atom stereocenters. The Morgan fingerprint density at radius 2 is 2.11 bits per heavy atom. The highest BCUT2D eigenvalue weighted by Crippen LogP contribution is 2.45. The Hall–Kier alpha value is -1.91. The van der Waals surface area contributed by atoms with E-state index in [0.717, 1.165) is 18.4 Å². The second-order valence-corrected chi connectivity index (χ2v) is 4.93. The molecule has 0 aliphatic heterocycles. The molecular formula is C13H15NO4. The van der Waals surface area contributed by atoms with Gasteiger partial charge in [0.25, 0.3) is 5.69 Å². The van der Waals surface area contributed by atoms with Gasteiger partial charge in [0.1, 0.15) is 0 Å². The van der Waals surface area contributed by atoms with E-state index in [2.05, 4.69) is 0 Å². The van der Waals surface area contributed by atoms with Crippen molar-refractivity contribution >= 4 is 11.7 Å². The molecule has 0 heterocycles. The monoisotopic (exact) mass is 249 g/mol. The van der Waals surface area contributed by atoms with Crippen molar-refractivity contribution in [3.8, 4) is 0 Å². The smallest absolute Gasteiger partial charge is 0.306 e. The number of carboxylic acids is 1. The van der Waals surface area contributed by atoms with Crippen LogP contribution < -0.4 is 0 Å². The van der Waals surface area contributed by atoms with E-state index >= 15 is 0 Å². The Bertz CT molecular complexity index is 468. The lowest BCUT2D eigenvalue weighted by molar-refractivity contribution is -0.384. The van der Waals surface area contributed by atoms with Gasteiger partial charge in [-0.1, -0.05) is 19.1 Å². The zero-order valence-electron chi connectivity index (χ0n) is 10.1. The van der Waals surface area contributed by atoms with Gasteiger partial charge in [-0.3, -0.25) is 14.9 Å². The Labute approximate surface area is 105 Å². The van der Waals surface area contributed by atoms with E-state index in [-0.39, 0.29) is 23.4 Å². The van der Waals surface area contributed by atoms with Crippen molar-refractivity contribution in [2.75, 3.05) is 0 Å². The van der Waals surface area contributed by atoms with Gasteiger partial charge in [-0.25, -0.2) is 0 Å². The van der Waals surface area contributed by atoms with Crippen LogP contribution in [0.5, 0.6) is 0 Å². The third-order valence-electron chi connectivity index (χ3n) is 3.57. The third-order valence-corrected chi connectivity index (χ3v) is 3.57. The molecule has 1 N–H and O–H groups in total. The minimum absolute atomic E-state index is 0.0841. The maximum Gasteiger partial charge on any atom is 0.306 e. The SMILES string of the molecule is CC(CC1CC1C(=O)O)c1ccc([N+](=O)[O-])cc1. The second kappa shape index (κ2) is 4.76. The number of rotatable bonds is 5. The van der Waals surface area contributed by atoms with Crippen molar-refractivity contribution in [1.29, 1.82) is 0 Å². The Morgan fingerprint density at radius 1 is 1.50 bits per heavy atom. The van der Waals surface area contributed by atoms with Crippen LogP contribution in [-0.2, 0) is 4.79 Å². The summed E-state index contributed by atoms with van der Waals surface area (Å²) in [6, 6.07) is 6.49. The predicted octanol–water partition coefficient (Wildman–Crippen LogP) is 2.81. The average Bonchev–Trinajstić information content (AvgIpc) is 3.08. The molecule has 0 amide bonds. The Kier molecular flexibility index (Phi) is 3.32. The van der Waals surface area contributed by atoms with E-state index in [1.807, 2.05) is 6.92 Å². The summed E-state index contributed by atoms with van der Waals surface area (Å²) in [5.74, 6) is -0.408. The molecule has 1 aromatic carbocycles. The molecule has 0 radical (unpaired) electrons. The van der Waals surface area contributed by atoms with E-state index in [1.165, 1.54) is 12.1 Å². The fourth-order valence-corrected chi connectivity index (χ4v) is 2.33.